The third-order valence-corrected chi connectivity index (χ3v) is 4.53. The van der Waals surface area contributed by atoms with Crippen LogP contribution in [-0.2, 0) is 23.8 Å². The van der Waals surface area contributed by atoms with Gasteiger partial charge in [0.1, 0.15) is 0 Å². The molecule has 8 nitrogen and oxygen atoms in total. The molecule has 1 aromatic carbocycles. The molecule has 0 aliphatic carbocycles. The second kappa shape index (κ2) is 10.2. The van der Waals surface area contributed by atoms with Crippen LogP contribution in [0.3, 0.4) is 0 Å². The first-order chi connectivity index (χ1) is 14.2. The third-order valence-electron chi connectivity index (χ3n) is 4.53. The molecule has 0 aromatic heterocycles. The number of dihydropyridines is 1. The number of hydrogen-bond acceptors (Lipinski definition) is 7. The number of esters is 2. The Bertz CT molecular complexity index is 907. The van der Waals surface area contributed by atoms with E-state index in [1.165, 1.54) is 7.11 Å². The molecule has 1 heterocycles. The Hall–Kier alpha value is -2.94. The SMILES string of the molecule is [B]=[N+](O)c1cccc(C2C(C(=O)OCCOC)=C(C)NC(C)=C2C(=O)OC(C)C)c1. The summed E-state index contributed by atoms with van der Waals surface area (Å²) in [4.78, 5) is 25.9. The Balaban J connectivity index is 2.60. The Labute approximate surface area is 177 Å². The third kappa shape index (κ3) is 5.35. The predicted molar refractivity (Wildman–Crippen MR) is 109 cm³/mol. The van der Waals surface area contributed by atoms with Crippen molar-refractivity contribution in [1.82, 2.24) is 5.32 Å². The first kappa shape index (κ1) is 23.3. The van der Waals surface area contributed by atoms with Crippen molar-refractivity contribution in [3.05, 3.63) is 52.4 Å². The van der Waals surface area contributed by atoms with E-state index in [1.54, 1.807) is 52.0 Å². The number of hydrogen-bond donors (Lipinski definition) is 2. The van der Waals surface area contributed by atoms with Crippen molar-refractivity contribution in [2.45, 2.75) is 39.7 Å². The molecule has 9 heteroatoms. The van der Waals surface area contributed by atoms with Gasteiger partial charge in [-0.3, -0.25) is 0 Å². The quantitative estimate of drug-likeness (QED) is 0.292. The van der Waals surface area contributed by atoms with Gasteiger partial charge >= 0.3 is 177 Å². The summed E-state index contributed by atoms with van der Waals surface area (Å²) in [5.74, 6) is -1.90. The van der Waals surface area contributed by atoms with Gasteiger partial charge in [-0.15, -0.1) is 0 Å². The molecule has 0 bridgehead atoms. The van der Waals surface area contributed by atoms with E-state index in [1.807, 2.05) is 0 Å². The van der Waals surface area contributed by atoms with Crippen LogP contribution in [0.1, 0.15) is 39.2 Å². The topological polar surface area (TPSA) is 97.1 Å². The molecule has 1 unspecified atom stereocenters. The summed E-state index contributed by atoms with van der Waals surface area (Å²) in [6.45, 7) is 7.29. The van der Waals surface area contributed by atoms with Gasteiger partial charge in [0.25, 0.3) is 0 Å². The molecular formula is C21H27BN2O6+. The van der Waals surface area contributed by atoms with Crippen molar-refractivity contribution in [2.75, 3.05) is 20.3 Å². The molecule has 0 spiro atoms. The van der Waals surface area contributed by atoms with Gasteiger partial charge in [0, 0.05) is 0 Å². The van der Waals surface area contributed by atoms with Crippen molar-refractivity contribution in [3.8, 4) is 0 Å². The molecule has 0 fully saturated rings. The van der Waals surface area contributed by atoms with Crippen LogP contribution in [0.2, 0.25) is 0 Å². The molecule has 1 atom stereocenters. The van der Waals surface area contributed by atoms with Crippen LogP contribution in [0.4, 0.5) is 5.69 Å². The fourth-order valence-corrected chi connectivity index (χ4v) is 3.29. The number of carbonyl (C=O) groups is 2. The van der Waals surface area contributed by atoms with Crippen molar-refractivity contribution < 1.29 is 33.6 Å². The number of ether oxygens (including phenoxy) is 3. The van der Waals surface area contributed by atoms with Gasteiger partial charge in [-0.25, -0.2) is 0 Å². The second-order valence-electron chi connectivity index (χ2n) is 7.16. The molecule has 2 rings (SSSR count). The second-order valence-corrected chi connectivity index (χ2v) is 7.16. The molecule has 0 amide bonds. The number of carbonyl (C=O) groups excluding carboxylic acids is 2. The monoisotopic (exact) mass is 414 g/mol. The van der Waals surface area contributed by atoms with E-state index in [4.69, 9.17) is 21.8 Å². The van der Waals surface area contributed by atoms with Gasteiger partial charge in [-0.05, 0) is 0 Å². The number of nitrogens with zero attached hydrogens (tertiary/aromatic N) is 1. The zero-order valence-electron chi connectivity index (χ0n) is 17.9. The van der Waals surface area contributed by atoms with Crippen molar-refractivity contribution in [2.24, 2.45) is 0 Å². The van der Waals surface area contributed by atoms with Crippen molar-refractivity contribution in [1.29, 1.82) is 0 Å². The first-order valence-corrected chi connectivity index (χ1v) is 9.56. The fraction of sp³-hybridized carbons (Fsp3) is 0.429. The number of rotatable bonds is 8. The van der Waals surface area contributed by atoms with E-state index >= 15 is 0 Å². The summed E-state index contributed by atoms with van der Waals surface area (Å²) in [5.41, 5.74) is 2.55. The maximum absolute atomic E-state index is 13.0. The van der Waals surface area contributed by atoms with Crippen LogP contribution in [0.25, 0.3) is 0 Å². The molecule has 0 saturated heterocycles. The van der Waals surface area contributed by atoms with Gasteiger partial charge in [0.2, 0.25) is 0 Å². The number of methoxy groups -OCH3 is 1. The molecule has 30 heavy (non-hydrogen) atoms. The summed E-state index contributed by atoms with van der Waals surface area (Å²) >= 11 is 0. The Morgan fingerprint density at radius 3 is 2.37 bits per heavy atom. The van der Waals surface area contributed by atoms with Gasteiger partial charge in [-0.2, -0.15) is 0 Å². The molecule has 1 aliphatic rings. The molecule has 1 aromatic rings. The van der Waals surface area contributed by atoms with Crippen molar-refractivity contribution in [3.63, 3.8) is 0 Å². The van der Waals surface area contributed by atoms with E-state index in [-0.39, 0.29) is 30.5 Å². The van der Waals surface area contributed by atoms with Crippen LogP contribution in [0, 0.1) is 0 Å². The molecule has 1 radical (unpaired) electrons. The molecule has 2 N–H and O–H groups in total. The molecular weight excluding hydrogens is 387 g/mol. The summed E-state index contributed by atoms with van der Waals surface area (Å²) in [5, 5.41) is 12.7. The summed E-state index contributed by atoms with van der Waals surface area (Å²) in [6, 6.07) is 6.61. The molecule has 0 saturated carbocycles. The maximum atomic E-state index is 13.0. The van der Waals surface area contributed by atoms with Gasteiger partial charge in [-0.1, -0.05) is 0 Å². The fourth-order valence-electron chi connectivity index (χ4n) is 3.29. The standard InChI is InChI=1S/C21H27BN2O6/c1-12(2)30-21(26)18-14(4)23-13(3)17(20(25)29-10-9-28-5)19(18)15-7-6-8-16(11-15)24(22)27/h6-8,11-12,19,23,27H,9-10H2,1-5H3/q+1. The van der Waals surface area contributed by atoms with E-state index in [2.05, 4.69) is 5.32 Å². The molecule has 1 aliphatic heterocycles. The Morgan fingerprint density at radius 2 is 1.80 bits per heavy atom. The number of nitrogens with one attached hydrogen (secondary N) is 1. The average molecular weight is 414 g/mol. The van der Waals surface area contributed by atoms with Crippen LogP contribution >= 0.6 is 0 Å². The predicted octanol–water partition coefficient (Wildman–Crippen LogP) is 2.45. The molecule has 159 valence electrons. The van der Waals surface area contributed by atoms with E-state index in [9.17, 15) is 14.8 Å². The summed E-state index contributed by atoms with van der Waals surface area (Å²) in [6.07, 6.45) is -0.342. The Kier molecular flexibility index (Phi) is 7.94. The summed E-state index contributed by atoms with van der Waals surface area (Å²) in [7, 11) is 6.97. The average Bonchev–Trinajstić information content (AvgIpc) is 2.66. The van der Waals surface area contributed by atoms with Gasteiger partial charge in [0.15, 0.2) is 0 Å². The number of allylic oxidation sites excluding steroid dienone is 2. The minimum atomic E-state index is -0.771. The minimum absolute atomic E-state index is 0.0700. The van der Waals surface area contributed by atoms with Crippen LogP contribution in [-0.4, -0.2) is 55.9 Å². The zero-order valence-corrected chi connectivity index (χ0v) is 17.9. The van der Waals surface area contributed by atoms with Gasteiger partial charge < -0.3 is 0 Å². The van der Waals surface area contributed by atoms with E-state index in [0.717, 1.165) is 0 Å². The van der Waals surface area contributed by atoms with Gasteiger partial charge in [0.05, 0.1) is 0 Å². The van der Waals surface area contributed by atoms with Crippen LogP contribution < -0.4 is 5.32 Å². The number of benzene rings is 1. The van der Waals surface area contributed by atoms with Crippen LogP contribution in [0.5, 0.6) is 0 Å². The first-order valence-electron chi connectivity index (χ1n) is 9.56. The zero-order chi connectivity index (χ0) is 22.4. The van der Waals surface area contributed by atoms with Crippen LogP contribution in [0.15, 0.2) is 46.8 Å². The normalized spacial score (nSPS) is 16.4. The van der Waals surface area contributed by atoms with Crippen molar-refractivity contribution >= 4 is 25.3 Å². The van der Waals surface area contributed by atoms with E-state index in [0.29, 0.717) is 27.3 Å². The summed E-state index contributed by atoms with van der Waals surface area (Å²) < 4.78 is 16.2. The Morgan fingerprint density at radius 1 is 1.17 bits per heavy atom. The van der Waals surface area contributed by atoms with E-state index < -0.39 is 17.9 Å².